The summed E-state index contributed by atoms with van der Waals surface area (Å²) in [4.78, 5) is 4.88. The number of hydrogen-bond acceptors (Lipinski definition) is 4. The van der Waals surface area contributed by atoms with E-state index in [1.807, 2.05) is 0 Å². The van der Waals surface area contributed by atoms with Crippen molar-refractivity contribution in [3.8, 4) is 22.8 Å². The molecule has 0 amide bonds. The lowest BCUT2D eigenvalue weighted by Gasteiger charge is -2.22. The predicted molar refractivity (Wildman–Crippen MR) is 138 cm³/mol. The Morgan fingerprint density at radius 1 is 0.941 bits per heavy atom. The van der Waals surface area contributed by atoms with Crippen molar-refractivity contribution in [1.29, 1.82) is 0 Å². The van der Waals surface area contributed by atoms with E-state index in [0.29, 0.717) is 12.5 Å². The van der Waals surface area contributed by atoms with Crippen LogP contribution in [-0.2, 0) is 24.0 Å². The molecule has 1 N–H and O–H groups in total. The van der Waals surface area contributed by atoms with Crippen molar-refractivity contribution >= 4 is 0 Å². The van der Waals surface area contributed by atoms with Gasteiger partial charge in [0.05, 0.1) is 11.8 Å². The van der Waals surface area contributed by atoms with E-state index in [9.17, 15) is 5.11 Å². The Morgan fingerprint density at radius 3 is 2.29 bits per heavy atom. The van der Waals surface area contributed by atoms with Crippen LogP contribution in [0.25, 0.3) is 11.1 Å². The summed E-state index contributed by atoms with van der Waals surface area (Å²) in [5.74, 6) is 0.681. The fraction of sp³-hybridized carbons (Fsp3) is 0.433. The molecular weight excluding hydrogens is 422 g/mol. The maximum absolute atomic E-state index is 11.1. The molecule has 1 unspecified atom stereocenters. The van der Waals surface area contributed by atoms with Crippen LogP contribution in [0, 0.1) is 13.8 Å². The van der Waals surface area contributed by atoms with E-state index in [1.165, 1.54) is 28.7 Å². The lowest BCUT2D eigenvalue weighted by atomic mass is 9.95. The highest BCUT2D eigenvalue weighted by Crippen LogP contribution is 2.36. The summed E-state index contributed by atoms with van der Waals surface area (Å²) in [6.07, 6.45) is 7.22. The van der Waals surface area contributed by atoms with Crippen LogP contribution in [0.3, 0.4) is 0 Å². The lowest BCUT2D eigenvalue weighted by Crippen LogP contribution is -2.26. The van der Waals surface area contributed by atoms with Gasteiger partial charge in [0, 0.05) is 18.2 Å². The van der Waals surface area contributed by atoms with Crippen LogP contribution in [0.5, 0.6) is 11.6 Å². The second-order valence-electron chi connectivity index (χ2n) is 9.54. The van der Waals surface area contributed by atoms with Gasteiger partial charge in [-0.25, -0.2) is 4.98 Å². The van der Waals surface area contributed by atoms with Gasteiger partial charge in [0.2, 0.25) is 5.88 Å². The molecule has 1 atom stereocenters. The molecule has 0 saturated carbocycles. The van der Waals surface area contributed by atoms with Gasteiger partial charge in [0.15, 0.2) is 0 Å². The molecule has 2 aromatic carbocycles. The molecule has 3 aromatic rings. The van der Waals surface area contributed by atoms with Crippen LogP contribution in [0.15, 0.2) is 48.5 Å². The van der Waals surface area contributed by atoms with Gasteiger partial charge in [-0.05, 0) is 69.1 Å². The van der Waals surface area contributed by atoms with E-state index in [4.69, 9.17) is 14.5 Å². The molecule has 0 spiro atoms. The number of pyridine rings is 1. The van der Waals surface area contributed by atoms with Crippen molar-refractivity contribution in [2.75, 3.05) is 13.2 Å². The Balaban J connectivity index is 1.60. The van der Waals surface area contributed by atoms with Gasteiger partial charge in [-0.15, -0.1) is 0 Å². The standard InChI is InChI=1S/C30H37NO3/c1-4-7-23-9-11-24(12-10-23)13-14-27-30(25-17-21(2)16-22(3)18-25)28(32)19-29(31-27)34-20-26-8-5-6-15-33-26/h9-12,16-19,26H,4-8,13-15,20H2,1-3H3,(H,31,32). The summed E-state index contributed by atoms with van der Waals surface area (Å²) in [6, 6.07) is 16.9. The molecule has 1 saturated heterocycles. The summed E-state index contributed by atoms with van der Waals surface area (Å²) in [7, 11) is 0. The SMILES string of the molecule is CCCc1ccc(CCc2nc(OCC3CCCCO3)cc(O)c2-c2cc(C)cc(C)c2)cc1. The fourth-order valence-corrected chi connectivity index (χ4v) is 4.79. The van der Waals surface area contributed by atoms with Gasteiger partial charge in [-0.1, -0.05) is 66.9 Å². The summed E-state index contributed by atoms with van der Waals surface area (Å²) in [5, 5.41) is 11.1. The van der Waals surface area contributed by atoms with E-state index < -0.39 is 0 Å². The number of aromatic nitrogens is 1. The van der Waals surface area contributed by atoms with Gasteiger partial charge in [0.1, 0.15) is 12.4 Å². The minimum absolute atomic E-state index is 0.0990. The minimum atomic E-state index is 0.0990. The molecule has 1 fully saturated rings. The molecule has 0 aliphatic carbocycles. The molecule has 2 heterocycles. The van der Waals surface area contributed by atoms with Crippen molar-refractivity contribution in [2.24, 2.45) is 0 Å². The molecule has 4 nitrogen and oxygen atoms in total. The van der Waals surface area contributed by atoms with Crippen LogP contribution in [-0.4, -0.2) is 29.4 Å². The summed E-state index contributed by atoms with van der Waals surface area (Å²) < 4.78 is 11.8. The number of hydrogen-bond donors (Lipinski definition) is 1. The normalized spacial score (nSPS) is 15.9. The van der Waals surface area contributed by atoms with E-state index in [2.05, 4.69) is 63.2 Å². The average molecular weight is 460 g/mol. The highest BCUT2D eigenvalue weighted by Gasteiger charge is 2.18. The first-order valence-electron chi connectivity index (χ1n) is 12.7. The fourth-order valence-electron chi connectivity index (χ4n) is 4.79. The van der Waals surface area contributed by atoms with Gasteiger partial charge >= 0.3 is 0 Å². The van der Waals surface area contributed by atoms with Gasteiger partial charge in [0.25, 0.3) is 0 Å². The smallest absolute Gasteiger partial charge is 0.217 e. The van der Waals surface area contributed by atoms with Crippen LogP contribution >= 0.6 is 0 Å². The van der Waals surface area contributed by atoms with E-state index in [0.717, 1.165) is 62.0 Å². The summed E-state index contributed by atoms with van der Waals surface area (Å²) >= 11 is 0. The Bertz CT molecular complexity index is 1060. The summed E-state index contributed by atoms with van der Waals surface area (Å²) in [6.45, 7) is 7.63. The Hall–Kier alpha value is -2.85. The van der Waals surface area contributed by atoms with Gasteiger partial charge in [-0.2, -0.15) is 0 Å². The number of nitrogens with zero attached hydrogens (tertiary/aromatic N) is 1. The maximum Gasteiger partial charge on any atom is 0.217 e. The van der Waals surface area contributed by atoms with Crippen molar-refractivity contribution < 1.29 is 14.6 Å². The lowest BCUT2D eigenvalue weighted by molar-refractivity contribution is -0.0120. The van der Waals surface area contributed by atoms with Crippen molar-refractivity contribution in [3.63, 3.8) is 0 Å². The second kappa shape index (κ2) is 11.5. The van der Waals surface area contributed by atoms with Crippen LogP contribution in [0.4, 0.5) is 0 Å². The molecule has 34 heavy (non-hydrogen) atoms. The van der Waals surface area contributed by atoms with Gasteiger partial charge < -0.3 is 14.6 Å². The van der Waals surface area contributed by atoms with Crippen LogP contribution < -0.4 is 4.74 Å². The molecular formula is C30H37NO3. The molecule has 4 heteroatoms. The number of benzene rings is 2. The third kappa shape index (κ3) is 6.38. The molecule has 0 bridgehead atoms. The Labute approximate surface area is 204 Å². The number of aromatic hydroxyl groups is 1. The molecule has 1 aliphatic rings. The summed E-state index contributed by atoms with van der Waals surface area (Å²) in [5.41, 5.74) is 7.65. The van der Waals surface area contributed by atoms with Crippen LogP contribution in [0.2, 0.25) is 0 Å². The average Bonchev–Trinajstić information content (AvgIpc) is 2.82. The molecule has 1 aromatic heterocycles. The van der Waals surface area contributed by atoms with Crippen molar-refractivity contribution in [2.45, 2.75) is 71.8 Å². The van der Waals surface area contributed by atoms with Crippen molar-refractivity contribution in [1.82, 2.24) is 4.98 Å². The Morgan fingerprint density at radius 2 is 1.65 bits per heavy atom. The predicted octanol–water partition coefficient (Wildman–Crippen LogP) is 6.76. The zero-order chi connectivity index (χ0) is 23.9. The Kier molecular flexibility index (Phi) is 8.23. The van der Waals surface area contributed by atoms with Gasteiger partial charge in [-0.3, -0.25) is 0 Å². The monoisotopic (exact) mass is 459 g/mol. The topological polar surface area (TPSA) is 51.6 Å². The van der Waals surface area contributed by atoms with Crippen molar-refractivity contribution in [3.05, 3.63) is 76.5 Å². The van der Waals surface area contributed by atoms with E-state index >= 15 is 0 Å². The molecule has 1 aliphatic heterocycles. The third-order valence-corrected chi connectivity index (χ3v) is 6.46. The maximum atomic E-state index is 11.1. The molecule has 180 valence electrons. The first-order chi connectivity index (χ1) is 16.5. The quantitative estimate of drug-likeness (QED) is 0.384. The highest BCUT2D eigenvalue weighted by atomic mass is 16.5. The minimum Gasteiger partial charge on any atom is -0.507 e. The first-order valence-corrected chi connectivity index (χ1v) is 12.7. The first kappa shape index (κ1) is 24.3. The molecule has 0 radical (unpaired) electrons. The third-order valence-electron chi connectivity index (χ3n) is 6.46. The zero-order valence-electron chi connectivity index (χ0n) is 20.8. The zero-order valence-corrected chi connectivity index (χ0v) is 20.8. The molecule has 4 rings (SSSR count). The highest BCUT2D eigenvalue weighted by molar-refractivity contribution is 5.74. The van der Waals surface area contributed by atoms with E-state index in [1.54, 1.807) is 6.07 Å². The van der Waals surface area contributed by atoms with E-state index in [-0.39, 0.29) is 11.9 Å². The largest absolute Gasteiger partial charge is 0.507 e. The van der Waals surface area contributed by atoms with Crippen LogP contribution in [0.1, 0.15) is 60.6 Å². The number of ether oxygens (including phenoxy) is 2. The second-order valence-corrected chi connectivity index (χ2v) is 9.54. The number of aryl methyl sites for hydroxylation is 5. The number of rotatable bonds is 9.